The first kappa shape index (κ1) is 30.3. The summed E-state index contributed by atoms with van der Waals surface area (Å²) in [4.78, 5) is 24.5. The molecule has 0 spiro atoms. The van der Waals surface area contributed by atoms with Crippen LogP contribution in [0.25, 0.3) is 10.9 Å². The van der Waals surface area contributed by atoms with Crippen molar-refractivity contribution in [2.24, 2.45) is 0 Å². The molecule has 0 atom stereocenters. The number of hydrazine groups is 1. The summed E-state index contributed by atoms with van der Waals surface area (Å²) in [6, 6.07) is 12.5. The zero-order valence-electron chi connectivity index (χ0n) is 21.7. The standard InChI is InChI=1S/C22H25N5O4S.C2H6.CH4O.3H2/c1-22(2,3)31-21(29)27-18-9-8-16(12-15(18)13-23-27)24-20(32)26-25-19(28)11-14-6-5-7-17(10-14)30-4;2*1-2;;;/h5-10,12-13H,11H2,1-4H3,(H,25,28)(H2,24,26,32);1-2H3;2H,1H3;3*1H. The van der Waals surface area contributed by atoms with Crippen molar-refractivity contribution in [3.05, 3.63) is 54.2 Å². The Morgan fingerprint density at radius 3 is 2.44 bits per heavy atom. The number of carbonyl (C=O) groups excluding carboxylic acids is 2. The topological polar surface area (TPSA) is 127 Å². The maximum Gasteiger partial charge on any atom is 0.435 e. The van der Waals surface area contributed by atoms with Crippen LogP contribution in [0.1, 0.15) is 44.5 Å². The molecule has 0 bridgehead atoms. The summed E-state index contributed by atoms with van der Waals surface area (Å²) >= 11 is 5.24. The lowest BCUT2D eigenvalue weighted by atomic mass is 10.1. The predicted octanol–water partition coefficient (Wildman–Crippen LogP) is 4.76. The number of ether oxygens (including phenoxy) is 2. The van der Waals surface area contributed by atoms with Crippen LogP contribution in [0.3, 0.4) is 0 Å². The van der Waals surface area contributed by atoms with Crippen LogP contribution in [0.4, 0.5) is 10.5 Å². The Kier molecular flexibility index (Phi) is 12.3. The van der Waals surface area contributed by atoms with E-state index in [1.807, 2.05) is 32.0 Å². The van der Waals surface area contributed by atoms with E-state index in [-0.39, 0.29) is 21.7 Å². The molecule has 0 aliphatic heterocycles. The van der Waals surface area contributed by atoms with Gasteiger partial charge >= 0.3 is 6.09 Å². The first-order valence-electron chi connectivity index (χ1n) is 11.3. The van der Waals surface area contributed by atoms with Crippen LogP contribution in [-0.4, -0.2) is 51.8 Å². The van der Waals surface area contributed by atoms with Crippen LogP contribution in [0.15, 0.2) is 48.7 Å². The average molecular weight is 524 g/mol. The van der Waals surface area contributed by atoms with E-state index in [2.05, 4.69) is 21.3 Å². The van der Waals surface area contributed by atoms with Gasteiger partial charge in [0.2, 0.25) is 5.91 Å². The minimum Gasteiger partial charge on any atom is -0.497 e. The van der Waals surface area contributed by atoms with E-state index < -0.39 is 11.7 Å². The molecule has 0 unspecified atom stereocenters. The van der Waals surface area contributed by atoms with Gasteiger partial charge < -0.3 is 19.9 Å². The van der Waals surface area contributed by atoms with E-state index in [4.69, 9.17) is 26.8 Å². The van der Waals surface area contributed by atoms with Crippen LogP contribution in [-0.2, 0) is 16.0 Å². The average Bonchev–Trinajstić information content (AvgIpc) is 3.28. The molecular weight excluding hydrogens is 482 g/mol. The Morgan fingerprint density at radius 2 is 1.81 bits per heavy atom. The number of amides is 1. The van der Waals surface area contributed by atoms with Gasteiger partial charge in [-0.2, -0.15) is 9.78 Å². The fourth-order valence-electron chi connectivity index (χ4n) is 2.86. The number of rotatable bonds is 4. The molecule has 0 saturated carbocycles. The molecule has 0 aliphatic carbocycles. The number of benzene rings is 2. The second-order valence-electron chi connectivity index (χ2n) is 7.97. The third kappa shape index (κ3) is 9.51. The number of thiocarbonyl (C=S) groups is 1. The number of hydrogen-bond acceptors (Lipinski definition) is 7. The number of aliphatic hydroxyl groups excluding tert-OH is 1. The Hall–Kier alpha value is -3.70. The zero-order valence-corrected chi connectivity index (χ0v) is 22.5. The summed E-state index contributed by atoms with van der Waals surface area (Å²) in [6.07, 6.45) is 1.18. The lowest BCUT2D eigenvalue weighted by molar-refractivity contribution is -0.121. The molecule has 0 fully saturated rings. The maximum absolute atomic E-state index is 12.3. The minimum absolute atomic E-state index is 0. The second kappa shape index (κ2) is 14.6. The van der Waals surface area contributed by atoms with E-state index in [0.717, 1.165) is 18.1 Å². The van der Waals surface area contributed by atoms with Crippen LogP contribution in [0, 0.1) is 0 Å². The molecule has 11 heteroatoms. The fourth-order valence-corrected chi connectivity index (χ4v) is 3.03. The van der Waals surface area contributed by atoms with Crippen molar-refractivity contribution < 1.29 is 28.4 Å². The van der Waals surface area contributed by atoms with E-state index in [1.165, 1.54) is 4.68 Å². The Balaban J connectivity index is -0.00000177. The van der Waals surface area contributed by atoms with Gasteiger partial charge in [0.15, 0.2) is 5.11 Å². The first-order chi connectivity index (χ1) is 17.1. The van der Waals surface area contributed by atoms with Crippen LogP contribution >= 0.6 is 12.2 Å². The fraction of sp³-hybridized carbons (Fsp3) is 0.360. The van der Waals surface area contributed by atoms with Gasteiger partial charge in [0.25, 0.3) is 0 Å². The van der Waals surface area contributed by atoms with Gasteiger partial charge in [-0.1, -0.05) is 26.0 Å². The third-order valence-corrected chi connectivity index (χ3v) is 4.41. The predicted molar refractivity (Wildman–Crippen MR) is 151 cm³/mol. The molecule has 1 aromatic heterocycles. The van der Waals surface area contributed by atoms with Crippen molar-refractivity contribution in [3.8, 4) is 5.75 Å². The summed E-state index contributed by atoms with van der Waals surface area (Å²) in [5, 5.41) is 15.0. The normalized spacial score (nSPS) is 10.1. The number of hydrogen-bond donors (Lipinski definition) is 4. The van der Waals surface area contributed by atoms with E-state index >= 15 is 0 Å². The van der Waals surface area contributed by atoms with Gasteiger partial charge in [0.05, 0.1) is 25.2 Å². The molecule has 0 aliphatic rings. The quantitative estimate of drug-likeness (QED) is 0.283. The summed E-state index contributed by atoms with van der Waals surface area (Å²) in [5.74, 6) is 0.433. The van der Waals surface area contributed by atoms with Crippen molar-refractivity contribution in [1.29, 1.82) is 0 Å². The van der Waals surface area contributed by atoms with E-state index in [1.54, 1.807) is 58.3 Å². The maximum atomic E-state index is 12.3. The van der Waals surface area contributed by atoms with Crippen molar-refractivity contribution >= 4 is 45.9 Å². The molecule has 3 rings (SSSR count). The molecule has 1 heterocycles. The number of aromatic nitrogens is 2. The highest BCUT2D eigenvalue weighted by molar-refractivity contribution is 7.80. The number of fused-ring (bicyclic) bond motifs is 1. The first-order valence-corrected chi connectivity index (χ1v) is 11.7. The highest BCUT2D eigenvalue weighted by Crippen LogP contribution is 2.20. The molecule has 0 saturated heterocycles. The molecule has 1 amide bonds. The number of nitrogens with one attached hydrogen (secondary N) is 3. The summed E-state index contributed by atoms with van der Waals surface area (Å²) in [5.41, 5.74) is 6.70. The minimum atomic E-state index is -0.619. The van der Waals surface area contributed by atoms with Crippen LogP contribution in [0.5, 0.6) is 5.75 Å². The van der Waals surface area contributed by atoms with Gasteiger partial charge in [0.1, 0.15) is 11.4 Å². The molecular formula is C25H41N5O5S. The number of methoxy groups -OCH3 is 1. The number of nitrogens with zero attached hydrogens (tertiary/aromatic N) is 2. The SMILES string of the molecule is CC.CO.COc1cccc(CC(=O)NNC(=S)Nc2ccc3c(cnn3C(=O)OC(C)(C)C)c2)c1.[HH].[HH].[HH]. The Labute approximate surface area is 221 Å². The third-order valence-electron chi connectivity index (χ3n) is 4.21. The van der Waals surface area contributed by atoms with Gasteiger partial charge in [-0.05, 0) is 68.9 Å². The van der Waals surface area contributed by atoms with Crippen LogP contribution < -0.4 is 20.9 Å². The van der Waals surface area contributed by atoms with E-state index in [9.17, 15) is 9.59 Å². The summed E-state index contributed by atoms with van der Waals surface area (Å²) in [7, 11) is 2.57. The molecule has 202 valence electrons. The lowest BCUT2D eigenvalue weighted by Crippen LogP contribution is -2.44. The largest absolute Gasteiger partial charge is 0.497 e. The van der Waals surface area contributed by atoms with Gasteiger partial charge in [0, 0.05) is 22.5 Å². The number of carbonyl (C=O) groups is 2. The van der Waals surface area contributed by atoms with Gasteiger partial charge in [-0.15, -0.1) is 0 Å². The molecule has 3 aromatic rings. The summed E-state index contributed by atoms with van der Waals surface area (Å²) in [6.45, 7) is 9.38. The van der Waals surface area contributed by atoms with Crippen molar-refractivity contribution in [2.75, 3.05) is 19.5 Å². The Bertz CT molecular complexity index is 1170. The summed E-state index contributed by atoms with van der Waals surface area (Å²) < 4.78 is 11.7. The van der Waals surface area contributed by atoms with Crippen molar-refractivity contribution in [2.45, 2.75) is 46.6 Å². The zero-order chi connectivity index (χ0) is 27.3. The monoisotopic (exact) mass is 523 g/mol. The highest BCUT2D eigenvalue weighted by atomic mass is 32.1. The highest BCUT2D eigenvalue weighted by Gasteiger charge is 2.20. The molecule has 36 heavy (non-hydrogen) atoms. The molecule has 10 nitrogen and oxygen atoms in total. The molecule has 4 N–H and O–H groups in total. The molecule has 0 radical (unpaired) electrons. The van der Waals surface area contributed by atoms with Crippen molar-refractivity contribution in [1.82, 2.24) is 20.6 Å². The molecule has 2 aromatic carbocycles. The second-order valence-corrected chi connectivity index (χ2v) is 8.37. The smallest absolute Gasteiger partial charge is 0.435 e. The van der Waals surface area contributed by atoms with Gasteiger partial charge in [-0.25, -0.2) is 4.79 Å². The van der Waals surface area contributed by atoms with Crippen LogP contribution in [0.2, 0.25) is 0 Å². The number of aliphatic hydroxyl groups is 1. The van der Waals surface area contributed by atoms with Crippen molar-refractivity contribution in [3.63, 3.8) is 0 Å². The Morgan fingerprint density at radius 1 is 1.11 bits per heavy atom. The van der Waals surface area contributed by atoms with Gasteiger partial charge in [-0.3, -0.25) is 15.6 Å². The number of anilines is 1. The lowest BCUT2D eigenvalue weighted by Gasteiger charge is -2.19. The van der Waals surface area contributed by atoms with E-state index in [0.29, 0.717) is 17.0 Å².